The van der Waals surface area contributed by atoms with Crippen molar-refractivity contribution in [2.45, 2.75) is 6.42 Å². The van der Waals surface area contributed by atoms with E-state index in [1.807, 2.05) is 0 Å². The number of anilines is 1. The van der Waals surface area contributed by atoms with Crippen LogP contribution in [0.2, 0.25) is 0 Å². The molecule has 0 aliphatic heterocycles. The summed E-state index contributed by atoms with van der Waals surface area (Å²) in [7, 11) is 1.65. The number of carbonyl (C=O) groups is 1. The molecule has 0 saturated heterocycles. The summed E-state index contributed by atoms with van der Waals surface area (Å²) in [6, 6.07) is 6.18. The van der Waals surface area contributed by atoms with E-state index >= 15 is 0 Å². The van der Waals surface area contributed by atoms with Crippen molar-refractivity contribution in [3.05, 3.63) is 40.7 Å². The number of aliphatic carboxylic acids is 1. The van der Waals surface area contributed by atoms with Crippen molar-refractivity contribution in [2.24, 2.45) is 0 Å². The van der Waals surface area contributed by atoms with Crippen molar-refractivity contribution in [3.8, 4) is 0 Å². The number of nitrogens with zero attached hydrogens (tertiary/aromatic N) is 3. The van der Waals surface area contributed by atoms with Gasteiger partial charge in [0.25, 0.3) is 0 Å². The lowest BCUT2D eigenvalue weighted by Gasteiger charge is -2.10. The highest BCUT2D eigenvalue weighted by Gasteiger charge is 2.11. The maximum atomic E-state index is 12.8. The first-order valence-electron chi connectivity index (χ1n) is 5.54. The first kappa shape index (κ1) is 13.4. The zero-order chi connectivity index (χ0) is 13.8. The number of carboxylic acids is 1. The summed E-state index contributed by atoms with van der Waals surface area (Å²) >= 11 is 1.33. The second-order valence-corrected chi connectivity index (χ2v) is 5.07. The third-order valence-corrected chi connectivity index (χ3v) is 3.46. The summed E-state index contributed by atoms with van der Waals surface area (Å²) in [6.45, 7) is -0.120. The zero-order valence-electron chi connectivity index (χ0n) is 10.2. The Hall–Kier alpha value is -2.02. The molecule has 100 valence electrons. The quantitative estimate of drug-likeness (QED) is 0.905. The molecule has 0 radical (unpaired) electrons. The number of hydrogen-bond acceptors (Lipinski definition) is 5. The lowest BCUT2D eigenvalue weighted by molar-refractivity contribution is -0.135. The predicted octanol–water partition coefficient (Wildman–Crippen LogP) is 1.79. The fraction of sp³-hybridized carbons (Fsp3) is 0.250. The van der Waals surface area contributed by atoms with E-state index < -0.39 is 5.97 Å². The highest BCUT2D eigenvalue weighted by Crippen LogP contribution is 2.21. The van der Waals surface area contributed by atoms with E-state index in [9.17, 15) is 9.18 Å². The number of carboxylic acid groups (broad SMARTS) is 1. The highest BCUT2D eigenvalue weighted by atomic mass is 32.1. The van der Waals surface area contributed by atoms with Gasteiger partial charge in [0.1, 0.15) is 17.4 Å². The van der Waals surface area contributed by atoms with Gasteiger partial charge in [-0.05, 0) is 17.7 Å². The third kappa shape index (κ3) is 3.72. The van der Waals surface area contributed by atoms with Crippen LogP contribution in [0.25, 0.3) is 0 Å². The van der Waals surface area contributed by atoms with Crippen LogP contribution in [0.1, 0.15) is 10.6 Å². The maximum Gasteiger partial charge on any atom is 0.323 e. The average molecular weight is 281 g/mol. The van der Waals surface area contributed by atoms with Gasteiger partial charge >= 0.3 is 5.97 Å². The van der Waals surface area contributed by atoms with Crippen molar-refractivity contribution in [2.75, 3.05) is 18.5 Å². The number of aromatic nitrogens is 2. The Balaban J connectivity index is 2.04. The molecule has 2 rings (SSSR count). The normalized spacial score (nSPS) is 10.4. The van der Waals surface area contributed by atoms with Crippen LogP contribution in [0.5, 0.6) is 0 Å². The number of likely N-dealkylation sites (N-methyl/N-ethyl adjacent to an activating group) is 1. The second kappa shape index (κ2) is 5.75. The van der Waals surface area contributed by atoms with E-state index in [0.717, 1.165) is 10.6 Å². The lowest BCUT2D eigenvalue weighted by Crippen LogP contribution is -2.24. The number of hydrogen-bond donors (Lipinski definition) is 1. The highest BCUT2D eigenvalue weighted by molar-refractivity contribution is 7.15. The van der Waals surface area contributed by atoms with Crippen LogP contribution in [0.15, 0.2) is 24.3 Å². The van der Waals surface area contributed by atoms with E-state index in [2.05, 4.69) is 10.2 Å². The molecule has 0 atom stereocenters. The third-order valence-electron chi connectivity index (χ3n) is 2.42. The molecular formula is C12H12FN3O2S. The largest absolute Gasteiger partial charge is 0.480 e. The Morgan fingerprint density at radius 3 is 2.68 bits per heavy atom. The van der Waals surface area contributed by atoms with Crippen LogP contribution in [0, 0.1) is 5.82 Å². The fourth-order valence-electron chi connectivity index (χ4n) is 1.52. The van der Waals surface area contributed by atoms with E-state index in [1.165, 1.54) is 28.4 Å². The van der Waals surface area contributed by atoms with Crippen LogP contribution in [-0.2, 0) is 11.2 Å². The van der Waals surface area contributed by atoms with Crippen LogP contribution in [0.4, 0.5) is 9.52 Å². The average Bonchev–Trinajstić information content (AvgIpc) is 2.80. The van der Waals surface area contributed by atoms with Crippen LogP contribution in [0.3, 0.4) is 0 Å². The Kier molecular flexibility index (Phi) is 4.06. The van der Waals surface area contributed by atoms with Gasteiger partial charge in [-0.15, -0.1) is 10.2 Å². The first-order chi connectivity index (χ1) is 9.04. The fourth-order valence-corrected chi connectivity index (χ4v) is 2.35. The topological polar surface area (TPSA) is 66.3 Å². The van der Waals surface area contributed by atoms with Crippen LogP contribution in [-0.4, -0.2) is 34.9 Å². The SMILES string of the molecule is CN(CC(=O)O)c1nnc(Cc2ccc(F)cc2)s1. The molecule has 0 fully saturated rings. The van der Waals surface area contributed by atoms with Gasteiger partial charge in [-0.1, -0.05) is 23.5 Å². The molecule has 5 nitrogen and oxygen atoms in total. The van der Waals surface area contributed by atoms with E-state index in [4.69, 9.17) is 5.11 Å². The van der Waals surface area contributed by atoms with Gasteiger partial charge in [0.15, 0.2) is 0 Å². The van der Waals surface area contributed by atoms with Crippen molar-refractivity contribution in [3.63, 3.8) is 0 Å². The minimum atomic E-state index is -0.919. The summed E-state index contributed by atoms with van der Waals surface area (Å²) in [6.07, 6.45) is 0.554. The standard InChI is InChI=1S/C12H12FN3O2S/c1-16(7-11(17)18)12-15-14-10(19-12)6-8-2-4-9(13)5-3-8/h2-5H,6-7H2,1H3,(H,17,18). The summed E-state index contributed by atoms with van der Waals surface area (Å²) < 4.78 is 12.8. The Morgan fingerprint density at radius 1 is 1.37 bits per heavy atom. The molecule has 1 aromatic heterocycles. The summed E-state index contributed by atoms with van der Waals surface area (Å²) in [5.41, 5.74) is 0.935. The molecule has 1 N–H and O–H groups in total. The second-order valence-electron chi connectivity index (χ2n) is 4.03. The molecule has 0 aliphatic rings. The molecular weight excluding hydrogens is 269 g/mol. The smallest absolute Gasteiger partial charge is 0.323 e. The van der Waals surface area contributed by atoms with E-state index in [1.54, 1.807) is 19.2 Å². The molecule has 0 aliphatic carbocycles. The molecule has 0 unspecified atom stereocenters. The van der Waals surface area contributed by atoms with Crippen LogP contribution < -0.4 is 4.90 Å². The molecule has 1 aromatic carbocycles. The Labute approximate surface area is 113 Å². The monoisotopic (exact) mass is 281 g/mol. The van der Waals surface area contributed by atoms with E-state index in [-0.39, 0.29) is 12.4 Å². The molecule has 19 heavy (non-hydrogen) atoms. The van der Waals surface area contributed by atoms with Crippen molar-refractivity contribution < 1.29 is 14.3 Å². The molecule has 0 saturated carbocycles. The number of halogens is 1. The van der Waals surface area contributed by atoms with Gasteiger partial charge in [0.05, 0.1) is 0 Å². The van der Waals surface area contributed by atoms with Gasteiger partial charge < -0.3 is 10.0 Å². The summed E-state index contributed by atoms with van der Waals surface area (Å²) in [5, 5.41) is 18.0. The van der Waals surface area contributed by atoms with Crippen LogP contribution >= 0.6 is 11.3 Å². The molecule has 1 heterocycles. The zero-order valence-corrected chi connectivity index (χ0v) is 11.0. The number of benzene rings is 1. The predicted molar refractivity (Wildman–Crippen MR) is 70.0 cm³/mol. The molecule has 0 amide bonds. The van der Waals surface area contributed by atoms with Gasteiger partial charge in [-0.2, -0.15) is 0 Å². The van der Waals surface area contributed by atoms with Crippen molar-refractivity contribution >= 4 is 22.4 Å². The molecule has 2 aromatic rings. The Bertz CT molecular complexity index is 571. The molecule has 7 heteroatoms. The first-order valence-corrected chi connectivity index (χ1v) is 6.36. The lowest BCUT2D eigenvalue weighted by atomic mass is 10.2. The van der Waals surface area contributed by atoms with Gasteiger partial charge in [-0.25, -0.2) is 4.39 Å². The minimum Gasteiger partial charge on any atom is -0.480 e. The molecule has 0 bridgehead atoms. The Morgan fingerprint density at radius 2 is 2.05 bits per heavy atom. The van der Waals surface area contributed by atoms with Gasteiger partial charge in [-0.3, -0.25) is 4.79 Å². The maximum absolute atomic E-state index is 12.8. The summed E-state index contributed by atoms with van der Waals surface area (Å²) in [5.74, 6) is -1.19. The minimum absolute atomic E-state index is 0.120. The van der Waals surface area contributed by atoms with Gasteiger partial charge in [0, 0.05) is 13.5 Å². The van der Waals surface area contributed by atoms with E-state index in [0.29, 0.717) is 11.6 Å². The van der Waals surface area contributed by atoms with Crippen molar-refractivity contribution in [1.82, 2.24) is 10.2 Å². The van der Waals surface area contributed by atoms with Crippen molar-refractivity contribution in [1.29, 1.82) is 0 Å². The number of rotatable bonds is 5. The summed E-state index contributed by atoms with van der Waals surface area (Å²) in [4.78, 5) is 12.1. The molecule has 0 spiro atoms. The van der Waals surface area contributed by atoms with Gasteiger partial charge in [0.2, 0.25) is 5.13 Å².